The van der Waals surface area contributed by atoms with Gasteiger partial charge in [-0.15, -0.1) is 0 Å². The maximum atomic E-state index is 12.2. The molecule has 0 aromatic heterocycles. The molecule has 98 valence electrons. The van der Waals surface area contributed by atoms with Gasteiger partial charge < -0.3 is 0 Å². The van der Waals surface area contributed by atoms with Crippen molar-refractivity contribution in [3.05, 3.63) is 34.9 Å². The lowest BCUT2D eigenvalue weighted by atomic mass is 9.87. The normalized spacial score (nSPS) is 16.4. The van der Waals surface area contributed by atoms with Crippen molar-refractivity contribution in [1.29, 1.82) is 0 Å². The Bertz CT molecular complexity index is 457. The van der Waals surface area contributed by atoms with Crippen LogP contribution in [0, 0.1) is 5.41 Å². The lowest BCUT2D eigenvalue weighted by molar-refractivity contribution is -0.125. The van der Waals surface area contributed by atoms with Crippen molar-refractivity contribution in [2.75, 3.05) is 0 Å². The topological polar surface area (TPSA) is 17.1 Å². The van der Waals surface area contributed by atoms with E-state index in [2.05, 4.69) is 34.1 Å². The Morgan fingerprint density at radius 1 is 1.28 bits per heavy atom. The van der Waals surface area contributed by atoms with E-state index >= 15 is 0 Å². The summed E-state index contributed by atoms with van der Waals surface area (Å²) in [4.78, 5) is 12.1. The lowest BCUT2D eigenvalue weighted by Gasteiger charge is -2.20. The molecule has 1 aliphatic carbocycles. The Morgan fingerprint density at radius 3 is 2.61 bits per heavy atom. The fraction of sp³-hybridized carbons (Fsp3) is 0.562. The van der Waals surface area contributed by atoms with Gasteiger partial charge in [-0.05, 0) is 42.4 Å². The summed E-state index contributed by atoms with van der Waals surface area (Å²) in [6, 6.07) is 6.69. The van der Waals surface area contributed by atoms with E-state index in [4.69, 9.17) is 0 Å². The lowest BCUT2D eigenvalue weighted by Crippen LogP contribution is -2.30. The van der Waals surface area contributed by atoms with E-state index < -0.39 is 0 Å². The predicted molar refractivity (Wildman–Crippen MR) is 79.3 cm³/mol. The number of hydrogen-bond acceptors (Lipinski definition) is 1. The molecule has 18 heavy (non-hydrogen) atoms. The Kier molecular flexibility index (Phi) is 3.96. The fourth-order valence-corrected chi connectivity index (χ4v) is 3.58. The molecule has 1 aromatic carbocycles. The Hall–Kier alpha value is -0.630. The van der Waals surface area contributed by atoms with Crippen LogP contribution in [0.15, 0.2) is 18.2 Å². The first-order valence-corrected chi connectivity index (χ1v) is 7.58. The van der Waals surface area contributed by atoms with E-state index in [1.807, 2.05) is 20.8 Å². The van der Waals surface area contributed by atoms with Crippen LogP contribution in [0.4, 0.5) is 0 Å². The highest BCUT2D eigenvalue weighted by Gasteiger charge is 2.28. The van der Waals surface area contributed by atoms with Crippen LogP contribution in [0.5, 0.6) is 0 Å². The molecule has 0 saturated heterocycles. The summed E-state index contributed by atoms with van der Waals surface area (Å²) < 4.78 is 0. The number of Topliss-reactive ketones (excluding diaryl/α,β-unsaturated/α-hetero) is 1. The maximum Gasteiger partial charge on any atom is 0.152 e. The number of fused-ring (bicyclic) bond motifs is 1. The number of carbonyl (C=O) groups is 1. The molecule has 0 heterocycles. The molecule has 1 aromatic rings. The van der Waals surface area contributed by atoms with Gasteiger partial charge in [-0.3, -0.25) is 4.79 Å². The van der Waals surface area contributed by atoms with E-state index in [0.717, 1.165) is 6.42 Å². The van der Waals surface area contributed by atoms with Gasteiger partial charge in [0.25, 0.3) is 0 Å². The molecule has 1 aliphatic rings. The average molecular weight is 309 g/mol. The van der Waals surface area contributed by atoms with Crippen molar-refractivity contribution in [2.24, 2.45) is 5.41 Å². The molecule has 1 unspecified atom stereocenters. The molecule has 0 aliphatic heterocycles. The number of benzene rings is 1. The summed E-state index contributed by atoms with van der Waals surface area (Å²) in [5.41, 5.74) is 3.97. The van der Waals surface area contributed by atoms with Gasteiger partial charge in [-0.1, -0.05) is 54.9 Å². The van der Waals surface area contributed by atoms with Crippen LogP contribution in [0.3, 0.4) is 0 Å². The molecule has 2 heteroatoms. The number of aryl methyl sites for hydroxylation is 2. The van der Waals surface area contributed by atoms with Crippen molar-refractivity contribution in [2.45, 2.75) is 51.3 Å². The number of hydrogen-bond donors (Lipinski definition) is 0. The highest BCUT2D eigenvalue weighted by molar-refractivity contribution is 9.10. The van der Waals surface area contributed by atoms with Crippen molar-refractivity contribution < 1.29 is 4.79 Å². The van der Waals surface area contributed by atoms with Crippen LogP contribution in [-0.4, -0.2) is 10.6 Å². The fourth-order valence-electron chi connectivity index (χ4n) is 2.52. The van der Waals surface area contributed by atoms with Crippen LogP contribution in [-0.2, 0) is 24.1 Å². The van der Waals surface area contributed by atoms with Crippen molar-refractivity contribution in [1.82, 2.24) is 0 Å². The van der Waals surface area contributed by atoms with E-state index in [-0.39, 0.29) is 16.0 Å². The second-order valence-electron chi connectivity index (χ2n) is 6.24. The number of ketones is 1. The molecule has 1 atom stereocenters. The van der Waals surface area contributed by atoms with E-state index in [1.54, 1.807) is 0 Å². The second-order valence-corrected chi connectivity index (χ2v) is 7.35. The largest absolute Gasteiger partial charge is 0.298 e. The molecule has 2 rings (SSSR count). The zero-order chi connectivity index (χ0) is 13.3. The van der Waals surface area contributed by atoms with Crippen LogP contribution >= 0.6 is 15.9 Å². The van der Waals surface area contributed by atoms with Gasteiger partial charge in [0.1, 0.15) is 0 Å². The molecule has 0 bridgehead atoms. The summed E-state index contributed by atoms with van der Waals surface area (Å²) in [5.74, 6) is 0.281. The SMILES string of the molecule is CC(C)(C)C(=O)C(Br)Cc1ccc2c(c1)CCC2. The molecule has 0 spiro atoms. The third-order valence-corrected chi connectivity index (χ3v) is 4.34. The minimum absolute atomic E-state index is 0.0723. The maximum absolute atomic E-state index is 12.2. The molecule has 1 nitrogen and oxygen atoms in total. The van der Waals surface area contributed by atoms with Crippen LogP contribution < -0.4 is 0 Å². The Balaban J connectivity index is 2.08. The number of rotatable bonds is 3. The van der Waals surface area contributed by atoms with Gasteiger partial charge in [0.15, 0.2) is 5.78 Å². The quantitative estimate of drug-likeness (QED) is 0.768. The first kappa shape index (κ1) is 13.8. The van der Waals surface area contributed by atoms with Crippen molar-refractivity contribution >= 4 is 21.7 Å². The molecular formula is C16H21BrO. The third kappa shape index (κ3) is 3.03. The summed E-state index contributed by atoms with van der Waals surface area (Å²) in [5, 5.41) is 0. The Morgan fingerprint density at radius 2 is 1.94 bits per heavy atom. The zero-order valence-corrected chi connectivity index (χ0v) is 13.0. The monoisotopic (exact) mass is 308 g/mol. The molecule has 0 N–H and O–H groups in total. The minimum Gasteiger partial charge on any atom is -0.298 e. The van der Waals surface area contributed by atoms with Gasteiger partial charge >= 0.3 is 0 Å². The number of alkyl halides is 1. The van der Waals surface area contributed by atoms with Crippen LogP contribution in [0.2, 0.25) is 0 Å². The van der Waals surface area contributed by atoms with E-state index in [0.29, 0.717) is 0 Å². The van der Waals surface area contributed by atoms with Crippen molar-refractivity contribution in [3.8, 4) is 0 Å². The third-order valence-electron chi connectivity index (χ3n) is 3.60. The molecule has 0 saturated carbocycles. The molecule has 0 fully saturated rings. The number of halogens is 1. The molecule has 0 radical (unpaired) electrons. The van der Waals surface area contributed by atoms with Crippen LogP contribution in [0.1, 0.15) is 43.9 Å². The molecule has 0 amide bonds. The predicted octanol–water partition coefficient (Wildman–Crippen LogP) is 4.10. The Labute approximate surface area is 118 Å². The first-order chi connectivity index (χ1) is 8.38. The van der Waals surface area contributed by atoms with Gasteiger partial charge in [0, 0.05) is 5.41 Å². The van der Waals surface area contributed by atoms with E-state index in [1.165, 1.54) is 36.0 Å². The molecular weight excluding hydrogens is 288 g/mol. The highest BCUT2D eigenvalue weighted by atomic mass is 79.9. The summed E-state index contributed by atoms with van der Waals surface area (Å²) >= 11 is 3.55. The van der Waals surface area contributed by atoms with Crippen LogP contribution in [0.25, 0.3) is 0 Å². The summed E-state index contributed by atoms with van der Waals surface area (Å²) in [6.07, 6.45) is 4.48. The first-order valence-electron chi connectivity index (χ1n) is 6.67. The summed E-state index contributed by atoms with van der Waals surface area (Å²) in [6.45, 7) is 5.94. The van der Waals surface area contributed by atoms with Gasteiger partial charge in [0.2, 0.25) is 0 Å². The minimum atomic E-state index is -0.273. The zero-order valence-electron chi connectivity index (χ0n) is 11.4. The average Bonchev–Trinajstić information content (AvgIpc) is 2.73. The van der Waals surface area contributed by atoms with Gasteiger partial charge in [-0.25, -0.2) is 0 Å². The van der Waals surface area contributed by atoms with Crippen molar-refractivity contribution in [3.63, 3.8) is 0 Å². The van der Waals surface area contributed by atoms with E-state index in [9.17, 15) is 4.79 Å². The number of carbonyl (C=O) groups excluding carboxylic acids is 1. The summed E-state index contributed by atoms with van der Waals surface area (Å²) in [7, 11) is 0. The highest BCUT2D eigenvalue weighted by Crippen LogP contribution is 2.26. The van der Waals surface area contributed by atoms with Gasteiger partial charge in [0.05, 0.1) is 4.83 Å². The standard InChI is InChI=1S/C16H21BrO/c1-16(2,3)15(18)14(17)10-11-7-8-12-5-4-6-13(12)9-11/h7-9,14H,4-6,10H2,1-3H3. The van der Waals surface area contributed by atoms with Gasteiger partial charge in [-0.2, -0.15) is 0 Å². The smallest absolute Gasteiger partial charge is 0.152 e. The second kappa shape index (κ2) is 5.16.